The normalized spacial score (nSPS) is 10.6. The maximum atomic E-state index is 13.2. The molecule has 3 aromatic rings. The average Bonchev–Trinajstić information content (AvgIpc) is 3.16. The number of ether oxygens (including phenoxy) is 1. The monoisotopic (exact) mass is 418 g/mol. The summed E-state index contributed by atoms with van der Waals surface area (Å²) in [6, 6.07) is 8.40. The number of tetrazole rings is 1. The van der Waals surface area contributed by atoms with E-state index in [1.807, 2.05) is 19.1 Å². The Balaban J connectivity index is 1.74. The Hall–Kier alpha value is -3.54. The van der Waals surface area contributed by atoms with Crippen molar-refractivity contribution >= 4 is 29.0 Å². The van der Waals surface area contributed by atoms with Gasteiger partial charge in [0.15, 0.2) is 0 Å². The number of amides is 1. The molecule has 29 heavy (non-hydrogen) atoms. The van der Waals surface area contributed by atoms with Crippen LogP contribution in [-0.2, 0) is 4.79 Å². The topological polar surface area (TPSA) is 125 Å². The lowest BCUT2D eigenvalue weighted by Crippen LogP contribution is -2.16. The van der Waals surface area contributed by atoms with Gasteiger partial charge in [0.1, 0.15) is 22.9 Å². The zero-order valence-electron chi connectivity index (χ0n) is 15.3. The van der Waals surface area contributed by atoms with Crippen molar-refractivity contribution in [1.29, 1.82) is 0 Å². The summed E-state index contributed by atoms with van der Waals surface area (Å²) in [5.74, 6) is -0.870. The maximum Gasteiger partial charge on any atom is 0.295 e. The Bertz CT molecular complexity index is 1070. The van der Waals surface area contributed by atoms with E-state index in [1.165, 1.54) is 11.8 Å². The first-order valence-corrected chi connectivity index (χ1v) is 9.17. The summed E-state index contributed by atoms with van der Waals surface area (Å²) in [6.45, 7) is 1.91. The van der Waals surface area contributed by atoms with Crippen LogP contribution in [0.2, 0.25) is 0 Å². The Kier molecular flexibility index (Phi) is 6.02. The predicted octanol–water partition coefficient (Wildman–Crippen LogP) is 2.76. The molecule has 1 aromatic heterocycles. The highest BCUT2D eigenvalue weighted by Crippen LogP contribution is 2.28. The molecule has 150 valence electrons. The van der Waals surface area contributed by atoms with E-state index in [-0.39, 0.29) is 11.4 Å². The fraction of sp³-hybridized carbons (Fsp3) is 0.176. The second-order valence-electron chi connectivity index (χ2n) is 5.80. The number of hydrogen-bond donors (Lipinski definition) is 1. The molecule has 0 unspecified atom stereocenters. The molecule has 0 saturated heterocycles. The Labute approximate surface area is 168 Å². The van der Waals surface area contributed by atoms with Gasteiger partial charge in [0.05, 0.1) is 23.9 Å². The van der Waals surface area contributed by atoms with Crippen molar-refractivity contribution in [3.63, 3.8) is 0 Å². The molecule has 0 saturated carbocycles. The molecule has 0 aliphatic carbocycles. The van der Waals surface area contributed by atoms with E-state index in [0.29, 0.717) is 16.6 Å². The number of carbonyl (C=O) groups excluding carboxylic acids is 1. The number of nitrogens with one attached hydrogen (secondary N) is 1. The number of nitro groups is 1. The lowest BCUT2D eigenvalue weighted by molar-refractivity contribution is -0.384. The highest BCUT2D eigenvalue weighted by Gasteiger charge is 2.19. The first kappa shape index (κ1) is 20.2. The van der Waals surface area contributed by atoms with Gasteiger partial charge >= 0.3 is 0 Å². The van der Waals surface area contributed by atoms with E-state index in [1.54, 1.807) is 6.07 Å². The number of methoxy groups -OCH3 is 1. The fourth-order valence-electron chi connectivity index (χ4n) is 2.46. The van der Waals surface area contributed by atoms with Crippen LogP contribution >= 0.6 is 11.8 Å². The van der Waals surface area contributed by atoms with Crippen molar-refractivity contribution in [3.05, 3.63) is 57.9 Å². The molecule has 0 aliphatic rings. The summed E-state index contributed by atoms with van der Waals surface area (Å²) < 4.78 is 20.0. The molecule has 3 rings (SSSR count). The van der Waals surface area contributed by atoms with Crippen LogP contribution in [0.3, 0.4) is 0 Å². The summed E-state index contributed by atoms with van der Waals surface area (Å²) in [7, 11) is 1.52. The van der Waals surface area contributed by atoms with Crippen molar-refractivity contribution in [2.45, 2.75) is 12.1 Å². The van der Waals surface area contributed by atoms with Crippen LogP contribution in [0.25, 0.3) is 5.69 Å². The minimum Gasteiger partial charge on any atom is -0.494 e. The number of aromatic nitrogens is 4. The first-order valence-electron chi connectivity index (χ1n) is 8.19. The molecule has 2 aromatic carbocycles. The summed E-state index contributed by atoms with van der Waals surface area (Å²) in [6.07, 6.45) is 0. The molecular formula is C17H15FN6O4S. The van der Waals surface area contributed by atoms with Gasteiger partial charge in [0.2, 0.25) is 11.1 Å². The molecule has 10 nitrogen and oxygen atoms in total. The molecule has 1 heterocycles. The first-order chi connectivity index (χ1) is 13.9. The van der Waals surface area contributed by atoms with Gasteiger partial charge in [-0.2, -0.15) is 4.68 Å². The molecule has 0 radical (unpaired) electrons. The van der Waals surface area contributed by atoms with Crippen molar-refractivity contribution in [2.24, 2.45) is 0 Å². The molecular weight excluding hydrogens is 403 g/mol. The minimum atomic E-state index is -0.768. The van der Waals surface area contributed by atoms with E-state index in [0.717, 1.165) is 35.5 Å². The van der Waals surface area contributed by atoms with Gasteiger partial charge in [-0.3, -0.25) is 14.9 Å². The molecule has 0 atom stereocenters. The van der Waals surface area contributed by atoms with Crippen LogP contribution in [0.1, 0.15) is 5.56 Å². The van der Waals surface area contributed by atoms with Crippen LogP contribution in [0.4, 0.5) is 15.8 Å². The van der Waals surface area contributed by atoms with Gasteiger partial charge in [-0.15, -0.1) is 5.10 Å². The smallest absolute Gasteiger partial charge is 0.295 e. The number of benzene rings is 2. The third kappa shape index (κ3) is 4.66. The predicted molar refractivity (Wildman–Crippen MR) is 103 cm³/mol. The number of rotatable bonds is 7. The highest BCUT2D eigenvalue weighted by molar-refractivity contribution is 7.99. The molecule has 12 heteroatoms. The molecule has 0 spiro atoms. The maximum absolute atomic E-state index is 13.2. The van der Waals surface area contributed by atoms with Gasteiger partial charge in [0.25, 0.3) is 5.69 Å². The summed E-state index contributed by atoms with van der Waals surface area (Å²) in [5, 5.41) is 25.2. The van der Waals surface area contributed by atoms with E-state index in [4.69, 9.17) is 4.74 Å². The number of nitrogens with zero attached hydrogens (tertiary/aromatic N) is 5. The van der Waals surface area contributed by atoms with Crippen molar-refractivity contribution < 1.29 is 18.8 Å². The van der Waals surface area contributed by atoms with Gasteiger partial charge in [0, 0.05) is 0 Å². The van der Waals surface area contributed by atoms with Crippen LogP contribution in [0, 0.1) is 22.9 Å². The number of anilines is 1. The number of thioether (sulfide) groups is 1. The van der Waals surface area contributed by atoms with Gasteiger partial charge < -0.3 is 10.1 Å². The zero-order valence-corrected chi connectivity index (χ0v) is 16.1. The minimum absolute atomic E-state index is 0.0954. The molecule has 0 fully saturated rings. The van der Waals surface area contributed by atoms with Gasteiger partial charge in [-0.05, 0) is 47.2 Å². The Morgan fingerprint density at radius 3 is 2.86 bits per heavy atom. The number of carbonyl (C=O) groups is 1. The van der Waals surface area contributed by atoms with Crippen LogP contribution < -0.4 is 10.1 Å². The van der Waals surface area contributed by atoms with E-state index >= 15 is 0 Å². The quantitative estimate of drug-likeness (QED) is 0.353. The zero-order chi connectivity index (χ0) is 21.0. The highest BCUT2D eigenvalue weighted by atomic mass is 32.2. The lowest BCUT2D eigenvalue weighted by Gasteiger charge is -2.10. The number of aryl methyl sites for hydroxylation is 1. The van der Waals surface area contributed by atoms with E-state index in [2.05, 4.69) is 20.8 Å². The van der Waals surface area contributed by atoms with Crippen molar-refractivity contribution in [1.82, 2.24) is 20.2 Å². The fourth-order valence-corrected chi connectivity index (χ4v) is 3.15. The Morgan fingerprint density at radius 2 is 2.14 bits per heavy atom. The summed E-state index contributed by atoms with van der Waals surface area (Å²) in [5.41, 5.74) is 0.947. The third-order valence-electron chi connectivity index (χ3n) is 3.77. The molecule has 0 bridgehead atoms. The standard InChI is InChI=1S/C17H15FN6O4S/c1-10-3-6-15(28-2)14(7-10)23-17(20-21-22-23)29-9-16(25)19-12-5-4-11(18)8-13(12)24(26)27/h3-8H,9H2,1-2H3,(H,19,25). The molecule has 0 aliphatic heterocycles. The third-order valence-corrected chi connectivity index (χ3v) is 4.69. The van der Waals surface area contributed by atoms with Gasteiger partial charge in [-0.25, -0.2) is 4.39 Å². The Morgan fingerprint density at radius 1 is 1.34 bits per heavy atom. The molecule has 1 N–H and O–H groups in total. The second-order valence-corrected chi connectivity index (χ2v) is 6.75. The molecule has 1 amide bonds. The number of nitro benzene ring substituents is 1. The van der Waals surface area contributed by atoms with Crippen LogP contribution in [0.5, 0.6) is 5.75 Å². The van der Waals surface area contributed by atoms with E-state index < -0.39 is 22.3 Å². The SMILES string of the molecule is COc1ccc(C)cc1-n1nnnc1SCC(=O)Nc1ccc(F)cc1[N+](=O)[O-]. The van der Waals surface area contributed by atoms with E-state index in [9.17, 15) is 19.3 Å². The summed E-state index contributed by atoms with van der Waals surface area (Å²) in [4.78, 5) is 22.5. The van der Waals surface area contributed by atoms with Gasteiger partial charge in [-0.1, -0.05) is 17.8 Å². The number of hydrogen-bond acceptors (Lipinski definition) is 8. The average molecular weight is 418 g/mol. The van der Waals surface area contributed by atoms with Crippen molar-refractivity contribution in [3.8, 4) is 11.4 Å². The number of halogens is 1. The lowest BCUT2D eigenvalue weighted by atomic mass is 10.2. The van der Waals surface area contributed by atoms with Crippen LogP contribution in [-0.4, -0.2) is 43.9 Å². The van der Waals surface area contributed by atoms with Crippen molar-refractivity contribution in [2.75, 3.05) is 18.2 Å². The summed E-state index contributed by atoms with van der Waals surface area (Å²) >= 11 is 1.03. The van der Waals surface area contributed by atoms with Crippen LogP contribution in [0.15, 0.2) is 41.6 Å². The largest absolute Gasteiger partial charge is 0.494 e. The second kappa shape index (κ2) is 8.65.